The van der Waals surface area contributed by atoms with Crippen LogP contribution in [0.2, 0.25) is 5.02 Å². The van der Waals surface area contributed by atoms with Crippen molar-refractivity contribution in [2.45, 2.75) is 31.6 Å². The minimum atomic E-state index is 0.154. The summed E-state index contributed by atoms with van der Waals surface area (Å²) in [6.07, 6.45) is 3.93. The Kier molecular flexibility index (Phi) is 4.46. The van der Waals surface area contributed by atoms with Crippen LogP contribution in [0.4, 0.5) is 0 Å². The summed E-state index contributed by atoms with van der Waals surface area (Å²) in [6.45, 7) is 3.44. The van der Waals surface area contributed by atoms with E-state index in [4.69, 9.17) is 16.0 Å². The molecule has 1 atom stereocenters. The first-order chi connectivity index (χ1) is 11.7. The fourth-order valence-corrected chi connectivity index (χ4v) is 3.93. The topological polar surface area (TPSA) is 58.4 Å². The van der Waals surface area contributed by atoms with Crippen molar-refractivity contribution in [3.05, 3.63) is 29.1 Å². The van der Waals surface area contributed by atoms with E-state index in [0.717, 1.165) is 68.9 Å². The molecule has 2 aromatic rings. The number of rotatable bonds is 2. The summed E-state index contributed by atoms with van der Waals surface area (Å²) in [6, 6.07) is 5.51. The molecule has 2 saturated heterocycles. The van der Waals surface area contributed by atoms with Crippen LogP contribution in [0, 0.1) is 5.92 Å². The molecule has 0 aliphatic carbocycles. The molecule has 2 aliphatic rings. The molecule has 3 heterocycles. The van der Waals surface area contributed by atoms with Crippen LogP contribution in [0.3, 0.4) is 0 Å². The zero-order valence-corrected chi connectivity index (χ0v) is 14.4. The van der Waals surface area contributed by atoms with Gasteiger partial charge in [0.05, 0.1) is 5.92 Å². The van der Waals surface area contributed by atoms with Crippen molar-refractivity contribution in [2.24, 2.45) is 5.92 Å². The Morgan fingerprint density at radius 2 is 2.12 bits per heavy atom. The van der Waals surface area contributed by atoms with Crippen LogP contribution < -0.4 is 5.32 Å². The highest BCUT2D eigenvalue weighted by molar-refractivity contribution is 6.31. The molecule has 0 spiro atoms. The molecule has 5 nitrogen and oxygen atoms in total. The maximum Gasteiger partial charge on any atom is 0.226 e. The molecule has 0 saturated carbocycles. The number of carbonyl (C=O) groups excluding carboxylic acids is 1. The number of amides is 1. The standard InChI is InChI=1S/C18H22ClN3O2/c19-14-3-4-16-15(10-14)21-17(24-16)12-5-8-22(9-6-12)18(23)13-2-1-7-20-11-13/h3-4,10,12-13,20H,1-2,5-9,11H2. The summed E-state index contributed by atoms with van der Waals surface area (Å²) in [4.78, 5) is 19.2. The number of hydrogen-bond acceptors (Lipinski definition) is 4. The summed E-state index contributed by atoms with van der Waals surface area (Å²) in [5.41, 5.74) is 1.59. The summed E-state index contributed by atoms with van der Waals surface area (Å²) in [5, 5.41) is 4.00. The molecule has 2 aliphatic heterocycles. The first-order valence-corrected chi connectivity index (χ1v) is 9.14. The molecule has 1 N–H and O–H groups in total. The van der Waals surface area contributed by atoms with E-state index in [1.807, 2.05) is 23.1 Å². The van der Waals surface area contributed by atoms with E-state index >= 15 is 0 Å². The Labute approximate surface area is 146 Å². The highest BCUT2D eigenvalue weighted by Gasteiger charge is 2.31. The van der Waals surface area contributed by atoms with E-state index < -0.39 is 0 Å². The van der Waals surface area contributed by atoms with Gasteiger partial charge in [-0.3, -0.25) is 4.79 Å². The molecule has 1 unspecified atom stereocenters. The van der Waals surface area contributed by atoms with Crippen LogP contribution in [-0.4, -0.2) is 42.0 Å². The number of fused-ring (bicyclic) bond motifs is 1. The average molecular weight is 348 g/mol. The van der Waals surface area contributed by atoms with Crippen molar-refractivity contribution in [3.8, 4) is 0 Å². The van der Waals surface area contributed by atoms with Gasteiger partial charge in [0, 0.05) is 30.6 Å². The fraction of sp³-hybridized carbons (Fsp3) is 0.556. The number of likely N-dealkylation sites (tertiary alicyclic amines) is 1. The predicted molar refractivity (Wildman–Crippen MR) is 93.2 cm³/mol. The van der Waals surface area contributed by atoms with Crippen LogP contribution in [0.25, 0.3) is 11.1 Å². The average Bonchev–Trinajstić information content (AvgIpc) is 3.05. The van der Waals surface area contributed by atoms with Gasteiger partial charge in [0.25, 0.3) is 0 Å². The second kappa shape index (κ2) is 6.73. The van der Waals surface area contributed by atoms with Gasteiger partial charge < -0.3 is 14.6 Å². The van der Waals surface area contributed by atoms with Crippen LogP contribution in [0.1, 0.15) is 37.5 Å². The minimum absolute atomic E-state index is 0.154. The lowest BCUT2D eigenvalue weighted by Gasteiger charge is -2.34. The first kappa shape index (κ1) is 15.9. The number of carbonyl (C=O) groups is 1. The number of halogens is 1. The molecule has 0 radical (unpaired) electrons. The van der Waals surface area contributed by atoms with E-state index in [1.54, 1.807) is 0 Å². The van der Waals surface area contributed by atoms with Crippen molar-refractivity contribution >= 4 is 28.6 Å². The number of nitrogens with one attached hydrogen (secondary N) is 1. The minimum Gasteiger partial charge on any atom is -0.440 e. The lowest BCUT2D eigenvalue weighted by molar-refractivity contribution is -0.137. The predicted octanol–water partition coefficient (Wildman–Crippen LogP) is 3.19. The maximum atomic E-state index is 12.6. The maximum absolute atomic E-state index is 12.6. The van der Waals surface area contributed by atoms with Gasteiger partial charge in [-0.05, 0) is 50.4 Å². The van der Waals surface area contributed by atoms with Gasteiger partial charge >= 0.3 is 0 Å². The van der Waals surface area contributed by atoms with Crippen LogP contribution in [0.5, 0.6) is 0 Å². The lowest BCUT2D eigenvalue weighted by Crippen LogP contribution is -2.45. The quantitative estimate of drug-likeness (QED) is 0.906. The number of piperidine rings is 2. The molecule has 0 bridgehead atoms. The third-order valence-electron chi connectivity index (χ3n) is 5.17. The first-order valence-electron chi connectivity index (χ1n) is 8.76. The highest BCUT2D eigenvalue weighted by Crippen LogP contribution is 2.31. The van der Waals surface area contributed by atoms with Gasteiger partial charge in [-0.2, -0.15) is 0 Å². The summed E-state index contributed by atoms with van der Waals surface area (Å²) in [7, 11) is 0. The third kappa shape index (κ3) is 3.15. The molecule has 6 heteroatoms. The van der Waals surface area contributed by atoms with Crippen molar-refractivity contribution < 1.29 is 9.21 Å². The number of oxazole rings is 1. The highest BCUT2D eigenvalue weighted by atomic mass is 35.5. The van der Waals surface area contributed by atoms with Crippen LogP contribution in [0.15, 0.2) is 22.6 Å². The summed E-state index contributed by atoms with van der Waals surface area (Å²) < 4.78 is 5.89. The van der Waals surface area contributed by atoms with Crippen molar-refractivity contribution in [1.29, 1.82) is 0 Å². The summed E-state index contributed by atoms with van der Waals surface area (Å²) in [5.74, 6) is 1.52. The number of nitrogens with zero attached hydrogens (tertiary/aromatic N) is 2. The van der Waals surface area contributed by atoms with Crippen molar-refractivity contribution in [3.63, 3.8) is 0 Å². The smallest absolute Gasteiger partial charge is 0.226 e. The van der Waals surface area contributed by atoms with E-state index in [0.29, 0.717) is 10.9 Å². The lowest BCUT2D eigenvalue weighted by atomic mass is 9.93. The molecule has 2 fully saturated rings. The molecular weight excluding hydrogens is 326 g/mol. The van der Waals surface area contributed by atoms with Crippen molar-refractivity contribution in [2.75, 3.05) is 26.2 Å². The largest absolute Gasteiger partial charge is 0.440 e. The van der Waals surface area contributed by atoms with E-state index in [1.165, 1.54) is 0 Å². The number of aromatic nitrogens is 1. The van der Waals surface area contributed by atoms with E-state index in [-0.39, 0.29) is 11.8 Å². The molecule has 128 valence electrons. The second-order valence-corrected chi connectivity index (χ2v) is 7.24. The summed E-state index contributed by atoms with van der Waals surface area (Å²) >= 11 is 6.01. The zero-order valence-electron chi connectivity index (χ0n) is 13.6. The number of benzene rings is 1. The molecule has 1 aromatic carbocycles. The Morgan fingerprint density at radius 3 is 2.88 bits per heavy atom. The van der Waals surface area contributed by atoms with Gasteiger partial charge in [0.15, 0.2) is 11.5 Å². The normalized spacial score (nSPS) is 22.9. The van der Waals surface area contributed by atoms with Gasteiger partial charge in [-0.1, -0.05) is 11.6 Å². The molecular formula is C18H22ClN3O2. The molecule has 24 heavy (non-hydrogen) atoms. The van der Waals surface area contributed by atoms with Gasteiger partial charge in [-0.15, -0.1) is 0 Å². The Morgan fingerprint density at radius 1 is 1.29 bits per heavy atom. The van der Waals surface area contributed by atoms with Crippen LogP contribution in [-0.2, 0) is 4.79 Å². The van der Waals surface area contributed by atoms with Crippen LogP contribution >= 0.6 is 11.6 Å². The second-order valence-electron chi connectivity index (χ2n) is 6.81. The Bertz CT molecular complexity index is 731. The van der Waals surface area contributed by atoms with Gasteiger partial charge in [0.1, 0.15) is 5.52 Å². The van der Waals surface area contributed by atoms with Crippen molar-refractivity contribution in [1.82, 2.24) is 15.2 Å². The molecule has 1 aromatic heterocycles. The number of hydrogen-bond donors (Lipinski definition) is 1. The molecule has 1 amide bonds. The van der Waals surface area contributed by atoms with Gasteiger partial charge in [0.2, 0.25) is 5.91 Å². The fourth-order valence-electron chi connectivity index (χ4n) is 3.76. The third-order valence-corrected chi connectivity index (χ3v) is 5.40. The zero-order chi connectivity index (χ0) is 16.5. The monoisotopic (exact) mass is 347 g/mol. The SMILES string of the molecule is O=C(C1CCCNC1)N1CCC(c2nc3cc(Cl)ccc3o2)CC1. The van der Waals surface area contributed by atoms with E-state index in [9.17, 15) is 4.79 Å². The van der Waals surface area contributed by atoms with E-state index in [2.05, 4.69) is 10.3 Å². The Balaban J connectivity index is 1.40. The Hall–Kier alpha value is -1.59. The molecule has 4 rings (SSSR count). The van der Waals surface area contributed by atoms with Gasteiger partial charge in [-0.25, -0.2) is 4.98 Å².